The summed E-state index contributed by atoms with van der Waals surface area (Å²) in [5.74, 6) is -0.473. The normalized spacial score (nSPS) is 10.5. The minimum atomic E-state index is -0.368. The number of phenols is 1. The van der Waals surface area contributed by atoms with Gasteiger partial charge >= 0.3 is 0 Å². The number of hydrogen-bond donors (Lipinski definition) is 1. The second kappa shape index (κ2) is 6.43. The van der Waals surface area contributed by atoms with Crippen LogP contribution in [0.4, 0.5) is 10.1 Å². The molecule has 21 heavy (non-hydrogen) atoms. The largest absolute Gasteiger partial charge is 0.508 e. The minimum Gasteiger partial charge on any atom is -0.508 e. The molecule has 1 N–H and O–H groups in total. The minimum absolute atomic E-state index is 0.107. The number of benzene rings is 2. The first kappa shape index (κ1) is 15.8. The van der Waals surface area contributed by atoms with E-state index < -0.39 is 0 Å². The van der Waals surface area contributed by atoms with Gasteiger partial charge in [0.15, 0.2) is 0 Å². The Labute approximate surface area is 136 Å². The van der Waals surface area contributed by atoms with Crippen LogP contribution in [-0.2, 0) is 0 Å². The first-order valence-corrected chi connectivity index (χ1v) is 7.58. The molecule has 1 amide bonds. The Hall–Kier alpha value is -1.63. The summed E-state index contributed by atoms with van der Waals surface area (Å²) in [6, 6.07) is 9.00. The number of aryl methyl sites for hydroxylation is 1. The monoisotopic (exact) mass is 399 g/mol. The van der Waals surface area contributed by atoms with Crippen molar-refractivity contribution >= 4 is 34.2 Å². The number of anilines is 1. The van der Waals surface area contributed by atoms with Crippen molar-refractivity contribution in [3.8, 4) is 5.75 Å². The fraction of sp³-hybridized carbons (Fsp3) is 0.188. The molecule has 5 heteroatoms. The number of rotatable bonds is 3. The lowest BCUT2D eigenvalue weighted by molar-refractivity contribution is 0.0987. The number of amides is 1. The average Bonchev–Trinajstić information content (AvgIpc) is 2.43. The topological polar surface area (TPSA) is 40.5 Å². The van der Waals surface area contributed by atoms with Crippen molar-refractivity contribution < 1.29 is 14.3 Å². The smallest absolute Gasteiger partial charge is 0.259 e. The maximum Gasteiger partial charge on any atom is 0.259 e. The zero-order valence-electron chi connectivity index (χ0n) is 11.7. The van der Waals surface area contributed by atoms with Gasteiger partial charge in [-0.2, -0.15) is 0 Å². The van der Waals surface area contributed by atoms with E-state index >= 15 is 0 Å². The van der Waals surface area contributed by atoms with E-state index in [0.717, 1.165) is 5.56 Å². The van der Waals surface area contributed by atoms with Crippen LogP contribution in [0.3, 0.4) is 0 Å². The SMILES string of the molecule is CCN(C(=O)c1ccc(F)cc1I)c1cc(O)ccc1C. The number of aromatic hydroxyl groups is 1. The predicted octanol–water partition coefficient (Wildman–Crippen LogP) is 4.11. The van der Waals surface area contributed by atoms with Gasteiger partial charge < -0.3 is 10.0 Å². The van der Waals surface area contributed by atoms with Crippen molar-refractivity contribution in [3.05, 3.63) is 56.9 Å². The molecule has 0 saturated heterocycles. The van der Waals surface area contributed by atoms with Gasteiger partial charge in [0, 0.05) is 16.2 Å². The molecule has 0 saturated carbocycles. The summed E-state index contributed by atoms with van der Waals surface area (Å²) in [6.07, 6.45) is 0. The van der Waals surface area contributed by atoms with Crippen LogP contribution in [0, 0.1) is 16.3 Å². The molecular weight excluding hydrogens is 384 g/mol. The van der Waals surface area contributed by atoms with E-state index in [1.165, 1.54) is 18.2 Å². The Kier molecular flexibility index (Phi) is 4.82. The van der Waals surface area contributed by atoms with E-state index in [1.807, 2.05) is 36.4 Å². The lowest BCUT2D eigenvalue weighted by atomic mass is 10.1. The number of phenolic OH excluding ortho intramolecular Hbond substituents is 1. The zero-order valence-corrected chi connectivity index (χ0v) is 13.9. The fourth-order valence-electron chi connectivity index (χ4n) is 2.12. The molecule has 2 rings (SSSR count). The number of carbonyl (C=O) groups is 1. The van der Waals surface area contributed by atoms with Gasteiger partial charge in [-0.25, -0.2) is 4.39 Å². The number of nitrogens with zero attached hydrogens (tertiary/aromatic N) is 1. The Morgan fingerprint density at radius 1 is 1.29 bits per heavy atom. The summed E-state index contributed by atoms with van der Waals surface area (Å²) in [4.78, 5) is 14.3. The van der Waals surface area contributed by atoms with E-state index in [4.69, 9.17) is 0 Å². The van der Waals surface area contributed by atoms with Gasteiger partial charge in [0.05, 0.1) is 11.3 Å². The highest BCUT2D eigenvalue weighted by Crippen LogP contribution is 2.27. The van der Waals surface area contributed by atoms with Gasteiger partial charge in [0.2, 0.25) is 0 Å². The van der Waals surface area contributed by atoms with Crippen LogP contribution in [-0.4, -0.2) is 17.6 Å². The van der Waals surface area contributed by atoms with Crippen molar-refractivity contribution in [3.63, 3.8) is 0 Å². The fourth-order valence-corrected chi connectivity index (χ4v) is 2.83. The molecule has 0 aliphatic carbocycles. The van der Waals surface area contributed by atoms with Crippen molar-refractivity contribution in [2.45, 2.75) is 13.8 Å². The van der Waals surface area contributed by atoms with Crippen LogP contribution in [0.15, 0.2) is 36.4 Å². The first-order valence-electron chi connectivity index (χ1n) is 6.50. The molecule has 0 heterocycles. The molecule has 2 aromatic carbocycles. The maximum atomic E-state index is 13.2. The lowest BCUT2D eigenvalue weighted by Gasteiger charge is -2.23. The highest BCUT2D eigenvalue weighted by molar-refractivity contribution is 14.1. The third kappa shape index (κ3) is 3.34. The summed E-state index contributed by atoms with van der Waals surface area (Å²) in [6.45, 7) is 4.19. The van der Waals surface area contributed by atoms with Gasteiger partial charge in [0.25, 0.3) is 5.91 Å². The summed E-state index contributed by atoms with van der Waals surface area (Å²) >= 11 is 1.95. The van der Waals surface area contributed by atoms with E-state index in [-0.39, 0.29) is 17.5 Å². The second-order valence-corrected chi connectivity index (χ2v) is 5.81. The quantitative estimate of drug-likeness (QED) is 0.790. The predicted molar refractivity (Wildman–Crippen MR) is 89.3 cm³/mol. The molecule has 0 bridgehead atoms. The van der Waals surface area contributed by atoms with Crippen LogP contribution in [0.25, 0.3) is 0 Å². The zero-order chi connectivity index (χ0) is 15.6. The van der Waals surface area contributed by atoms with Gasteiger partial charge in [-0.15, -0.1) is 0 Å². The molecule has 0 atom stereocenters. The number of hydrogen-bond acceptors (Lipinski definition) is 2. The van der Waals surface area contributed by atoms with Crippen molar-refractivity contribution in [1.29, 1.82) is 0 Å². The molecular formula is C16H15FINO2. The standard InChI is InChI=1S/C16H15FINO2/c1-3-19(15-9-12(20)6-4-10(15)2)16(21)13-7-5-11(17)8-14(13)18/h4-9,20H,3H2,1-2H3. The van der Waals surface area contributed by atoms with Crippen molar-refractivity contribution in [2.75, 3.05) is 11.4 Å². The number of carbonyl (C=O) groups excluding carboxylic acids is 1. The van der Waals surface area contributed by atoms with Gasteiger partial charge in [0.1, 0.15) is 11.6 Å². The van der Waals surface area contributed by atoms with Crippen molar-refractivity contribution in [2.24, 2.45) is 0 Å². The molecule has 0 aliphatic heterocycles. The molecule has 0 radical (unpaired) electrons. The molecule has 2 aromatic rings. The highest BCUT2D eigenvalue weighted by atomic mass is 127. The Balaban J connectivity index is 2.45. The van der Waals surface area contributed by atoms with Crippen LogP contribution in [0.5, 0.6) is 5.75 Å². The first-order chi connectivity index (χ1) is 9.93. The molecule has 110 valence electrons. The summed E-state index contributed by atoms with van der Waals surface area (Å²) in [5, 5.41) is 9.64. The Morgan fingerprint density at radius 3 is 2.62 bits per heavy atom. The summed E-state index contributed by atoms with van der Waals surface area (Å²) < 4.78 is 13.7. The lowest BCUT2D eigenvalue weighted by Crippen LogP contribution is -2.31. The summed E-state index contributed by atoms with van der Waals surface area (Å²) in [7, 11) is 0. The van der Waals surface area contributed by atoms with Gasteiger partial charge in [-0.1, -0.05) is 6.07 Å². The van der Waals surface area contributed by atoms with E-state index in [9.17, 15) is 14.3 Å². The van der Waals surface area contributed by atoms with Crippen LogP contribution in [0.2, 0.25) is 0 Å². The van der Waals surface area contributed by atoms with E-state index in [1.54, 1.807) is 23.1 Å². The summed E-state index contributed by atoms with van der Waals surface area (Å²) in [5.41, 5.74) is 1.99. The second-order valence-electron chi connectivity index (χ2n) is 4.64. The third-order valence-corrected chi connectivity index (χ3v) is 4.10. The number of halogens is 2. The van der Waals surface area contributed by atoms with Crippen LogP contribution >= 0.6 is 22.6 Å². The molecule has 0 unspecified atom stereocenters. The molecule has 0 spiro atoms. The molecule has 0 fully saturated rings. The molecule has 0 aromatic heterocycles. The van der Waals surface area contributed by atoms with Gasteiger partial charge in [-0.05, 0) is 66.3 Å². The maximum absolute atomic E-state index is 13.2. The molecule has 3 nitrogen and oxygen atoms in total. The Bertz CT molecular complexity index is 688. The average molecular weight is 399 g/mol. The van der Waals surface area contributed by atoms with Crippen molar-refractivity contribution in [1.82, 2.24) is 0 Å². The molecule has 0 aliphatic rings. The van der Waals surface area contributed by atoms with Crippen LogP contribution in [0.1, 0.15) is 22.8 Å². The van der Waals surface area contributed by atoms with Gasteiger partial charge in [-0.3, -0.25) is 4.79 Å². The van der Waals surface area contributed by atoms with Crippen LogP contribution < -0.4 is 4.90 Å². The highest BCUT2D eigenvalue weighted by Gasteiger charge is 2.20. The van der Waals surface area contributed by atoms with E-state index in [2.05, 4.69) is 0 Å². The van der Waals surface area contributed by atoms with E-state index in [0.29, 0.717) is 21.4 Å². The Morgan fingerprint density at radius 2 is 2.00 bits per heavy atom. The third-order valence-electron chi connectivity index (χ3n) is 3.21.